The molecule has 0 N–H and O–H groups in total. The quantitative estimate of drug-likeness (QED) is 0.815. The highest BCUT2D eigenvalue weighted by molar-refractivity contribution is 6.32. The summed E-state index contributed by atoms with van der Waals surface area (Å²) in [6.45, 7) is 5.23. The van der Waals surface area contributed by atoms with Gasteiger partial charge in [0.1, 0.15) is 13.2 Å². The SMILES string of the molecule is CC(C)N(Cc1ccc(C#N)cc1)C(=O)c1cc(Cl)c2c(c1)OCCO2. The molecule has 0 aromatic heterocycles. The van der Waals surface area contributed by atoms with Gasteiger partial charge in [0.15, 0.2) is 11.5 Å². The summed E-state index contributed by atoms with van der Waals surface area (Å²) in [6.07, 6.45) is 0. The zero-order valence-electron chi connectivity index (χ0n) is 14.7. The summed E-state index contributed by atoms with van der Waals surface area (Å²) < 4.78 is 11.1. The third-order valence-corrected chi connectivity index (χ3v) is 4.44. The van der Waals surface area contributed by atoms with Crippen molar-refractivity contribution in [2.24, 2.45) is 0 Å². The number of amides is 1. The van der Waals surface area contributed by atoms with Crippen molar-refractivity contribution in [1.29, 1.82) is 5.26 Å². The zero-order valence-corrected chi connectivity index (χ0v) is 15.4. The summed E-state index contributed by atoms with van der Waals surface area (Å²) in [6, 6.07) is 12.6. The van der Waals surface area contributed by atoms with E-state index in [0.717, 1.165) is 5.56 Å². The molecule has 134 valence electrons. The second-order valence-electron chi connectivity index (χ2n) is 6.32. The van der Waals surface area contributed by atoms with Crippen LogP contribution in [-0.2, 0) is 6.54 Å². The molecule has 5 nitrogen and oxygen atoms in total. The molecule has 3 rings (SSSR count). The van der Waals surface area contributed by atoms with Gasteiger partial charge in [-0.25, -0.2) is 0 Å². The van der Waals surface area contributed by atoms with Crippen LogP contribution in [0.1, 0.15) is 35.3 Å². The number of carbonyl (C=O) groups is 1. The Morgan fingerprint density at radius 1 is 1.23 bits per heavy atom. The predicted octanol–water partition coefficient (Wildman–Crippen LogP) is 4.03. The molecule has 1 heterocycles. The lowest BCUT2D eigenvalue weighted by atomic mass is 10.1. The standard InChI is InChI=1S/C20H19ClN2O3/c1-13(2)23(12-15-5-3-14(11-22)4-6-15)20(24)16-9-17(21)19-18(10-16)25-7-8-26-19/h3-6,9-10,13H,7-8,12H2,1-2H3. The first-order valence-corrected chi connectivity index (χ1v) is 8.76. The second-order valence-corrected chi connectivity index (χ2v) is 6.72. The van der Waals surface area contributed by atoms with Crippen molar-refractivity contribution >= 4 is 17.5 Å². The van der Waals surface area contributed by atoms with Crippen LogP contribution in [0.3, 0.4) is 0 Å². The van der Waals surface area contributed by atoms with E-state index >= 15 is 0 Å². The van der Waals surface area contributed by atoms with Gasteiger partial charge in [0.25, 0.3) is 5.91 Å². The molecule has 0 radical (unpaired) electrons. The molecule has 0 unspecified atom stereocenters. The fourth-order valence-electron chi connectivity index (χ4n) is 2.77. The van der Waals surface area contributed by atoms with Crippen LogP contribution in [0.2, 0.25) is 5.02 Å². The smallest absolute Gasteiger partial charge is 0.254 e. The van der Waals surface area contributed by atoms with Crippen LogP contribution in [0, 0.1) is 11.3 Å². The van der Waals surface area contributed by atoms with E-state index in [0.29, 0.717) is 47.4 Å². The Morgan fingerprint density at radius 2 is 1.92 bits per heavy atom. The van der Waals surface area contributed by atoms with E-state index in [1.807, 2.05) is 26.0 Å². The zero-order chi connectivity index (χ0) is 18.7. The number of carbonyl (C=O) groups excluding carboxylic acids is 1. The van der Waals surface area contributed by atoms with Gasteiger partial charge in [-0.3, -0.25) is 4.79 Å². The largest absolute Gasteiger partial charge is 0.486 e. The van der Waals surface area contributed by atoms with Crippen molar-refractivity contribution in [2.75, 3.05) is 13.2 Å². The lowest BCUT2D eigenvalue weighted by Crippen LogP contribution is -2.36. The Balaban J connectivity index is 1.87. The van der Waals surface area contributed by atoms with Gasteiger partial charge in [0, 0.05) is 18.2 Å². The summed E-state index contributed by atoms with van der Waals surface area (Å²) in [4.78, 5) is 14.8. The van der Waals surface area contributed by atoms with Crippen LogP contribution < -0.4 is 9.47 Å². The maximum atomic E-state index is 13.1. The molecule has 1 aliphatic heterocycles. The first-order valence-electron chi connectivity index (χ1n) is 8.38. The van der Waals surface area contributed by atoms with Crippen LogP contribution in [0.15, 0.2) is 36.4 Å². The highest BCUT2D eigenvalue weighted by Crippen LogP contribution is 2.38. The Kier molecular flexibility index (Phi) is 5.34. The Hall–Kier alpha value is -2.71. The third-order valence-electron chi connectivity index (χ3n) is 4.16. The van der Waals surface area contributed by atoms with E-state index in [-0.39, 0.29) is 11.9 Å². The molecule has 26 heavy (non-hydrogen) atoms. The molecule has 6 heteroatoms. The van der Waals surface area contributed by atoms with Gasteiger partial charge in [-0.05, 0) is 43.7 Å². The maximum Gasteiger partial charge on any atom is 0.254 e. The molecule has 1 amide bonds. The Bertz CT molecular complexity index is 857. The van der Waals surface area contributed by atoms with E-state index in [1.165, 1.54) is 0 Å². The van der Waals surface area contributed by atoms with Crippen molar-refractivity contribution in [1.82, 2.24) is 4.90 Å². The average molecular weight is 371 g/mol. The summed E-state index contributed by atoms with van der Waals surface area (Å²) >= 11 is 6.26. The first-order chi connectivity index (χ1) is 12.5. The number of rotatable bonds is 4. The molecule has 1 aliphatic rings. The van der Waals surface area contributed by atoms with E-state index < -0.39 is 0 Å². The van der Waals surface area contributed by atoms with Crippen LogP contribution >= 0.6 is 11.6 Å². The lowest BCUT2D eigenvalue weighted by molar-refractivity contribution is 0.0689. The highest BCUT2D eigenvalue weighted by atomic mass is 35.5. The van der Waals surface area contributed by atoms with E-state index in [4.69, 9.17) is 26.3 Å². The van der Waals surface area contributed by atoms with E-state index in [2.05, 4.69) is 6.07 Å². The number of hydrogen-bond acceptors (Lipinski definition) is 4. The Labute approximate surface area is 157 Å². The van der Waals surface area contributed by atoms with Gasteiger partial charge in [0.2, 0.25) is 0 Å². The lowest BCUT2D eigenvalue weighted by Gasteiger charge is -2.28. The summed E-state index contributed by atoms with van der Waals surface area (Å²) in [7, 11) is 0. The van der Waals surface area contributed by atoms with Crippen LogP contribution in [0.25, 0.3) is 0 Å². The number of nitriles is 1. The van der Waals surface area contributed by atoms with Crippen LogP contribution in [0.5, 0.6) is 11.5 Å². The fourth-order valence-corrected chi connectivity index (χ4v) is 3.04. The number of fused-ring (bicyclic) bond motifs is 1. The van der Waals surface area contributed by atoms with Gasteiger partial charge < -0.3 is 14.4 Å². The van der Waals surface area contributed by atoms with E-state index in [1.54, 1.807) is 29.2 Å². The van der Waals surface area contributed by atoms with Gasteiger partial charge in [-0.15, -0.1) is 0 Å². The topological polar surface area (TPSA) is 62.6 Å². The van der Waals surface area contributed by atoms with Crippen molar-refractivity contribution in [3.63, 3.8) is 0 Å². The van der Waals surface area contributed by atoms with Crippen LogP contribution in [0.4, 0.5) is 0 Å². The molecular weight excluding hydrogens is 352 g/mol. The molecule has 2 aromatic carbocycles. The molecule has 0 fully saturated rings. The Morgan fingerprint density at radius 3 is 2.58 bits per heavy atom. The maximum absolute atomic E-state index is 13.1. The number of ether oxygens (including phenoxy) is 2. The number of hydrogen-bond donors (Lipinski definition) is 0. The number of benzene rings is 2. The molecular formula is C20H19ClN2O3. The molecule has 0 saturated heterocycles. The van der Waals surface area contributed by atoms with Crippen molar-refractivity contribution in [2.45, 2.75) is 26.4 Å². The summed E-state index contributed by atoms with van der Waals surface area (Å²) in [5, 5.41) is 9.28. The normalized spacial score (nSPS) is 12.6. The minimum atomic E-state index is -0.136. The molecule has 0 atom stereocenters. The summed E-state index contributed by atoms with van der Waals surface area (Å²) in [5.41, 5.74) is 2.01. The molecule has 0 bridgehead atoms. The van der Waals surface area contributed by atoms with Gasteiger partial charge >= 0.3 is 0 Å². The molecule has 0 saturated carbocycles. The molecule has 0 spiro atoms. The third kappa shape index (κ3) is 3.76. The van der Waals surface area contributed by atoms with Gasteiger partial charge in [-0.1, -0.05) is 23.7 Å². The second kappa shape index (κ2) is 7.67. The average Bonchev–Trinajstić information content (AvgIpc) is 2.65. The minimum absolute atomic E-state index is 0.00915. The predicted molar refractivity (Wildman–Crippen MR) is 98.6 cm³/mol. The minimum Gasteiger partial charge on any atom is -0.486 e. The van der Waals surface area contributed by atoms with E-state index in [9.17, 15) is 4.79 Å². The van der Waals surface area contributed by atoms with Crippen molar-refractivity contribution < 1.29 is 14.3 Å². The highest BCUT2D eigenvalue weighted by Gasteiger charge is 2.24. The van der Waals surface area contributed by atoms with Gasteiger partial charge in [0.05, 0.1) is 16.7 Å². The van der Waals surface area contributed by atoms with Gasteiger partial charge in [-0.2, -0.15) is 5.26 Å². The number of halogens is 1. The molecule has 0 aliphatic carbocycles. The summed E-state index contributed by atoms with van der Waals surface area (Å²) in [5.74, 6) is 0.843. The molecule has 2 aromatic rings. The first kappa shape index (κ1) is 18.1. The fraction of sp³-hybridized carbons (Fsp3) is 0.300. The van der Waals surface area contributed by atoms with Crippen molar-refractivity contribution in [3.05, 3.63) is 58.1 Å². The number of nitrogens with zero attached hydrogens (tertiary/aromatic N) is 2. The monoisotopic (exact) mass is 370 g/mol. The van der Waals surface area contributed by atoms with Crippen molar-refractivity contribution in [3.8, 4) is 17.6 Å². The van der Waals surface area contributed by atoms with Crippen LogP contribution in [-0.4, -0.2) is 30.1 Å².